The minimum atomic E-state index is 0.626. The van der Waals surface area contributed by atoms with Gasteiger partial charge in [0.15, 0.2) is 17.5 Å². The van der Waals surface area contributed by atoms with Gasteiger partial charge in [0.1, 0.15) is 0 Å². The Morgan fingerprint density at radius 1 is 0.357 bits per heavy atom. The van der Waals surface area contributed by atoms with Gasteiger partial charge in [0, 0.05) is 33.6 Å². The smallest absolute Gasteiger partial charge is 0.164 e. The molecule has 2 aromatic heterocycles. The fraction of sp³-hybridized carbons (Fsp3) is 0.269. The summed E-state index contributed by atoms with van der Waals surface area (Å²) in [4.78, 5) is 20.7. The molecular weight excluding hydrogens is 681 g/mol. The van der Waals surface area contributed by atoms with E-state index in [0.717, 1.165) is 50.3 Å². The summed E-state index contributed by atoms with van der Waals surface area (Å²) < 4.78 is 0. The molecule has 5 aromatic carbocycles. The van der Waals surface area contributed by atoms with Crippen LogP contribution in [-0.4, -0.2) is 19.9 Å². The summed E-state index contributed by atoms with van der Waals surface area (Å²) in [6.45, 7) is 4.18. The average molecular weight is 731 g/mol. The van der Waals surface area contributed by atoms with Gasteiger partial charge in [-0.1, -0.05) is 148 Å². The highest BCUT2D eigenvalue weighted by molar-refractivity contribution is 5.84. The monoisotopic (exact) mass is 730 g/mol. The molecule has 9 rings (SSSR count). The van der Waals surface area contributed by atoms with Crippen molar-refractivity contribution in [1.82, 2.24) is 19.9 Å². The molecule has 4 heteroatoms. The number of aryl methyl sites for hydroxylation is 2. The van der Waals surface area contributed by atoms with E-state index in [9.17, 15) is 0 Å². The number of nitrogens with zero attached hydrogens (tertiary/aromatic N) is 4. The first-order valence-corrected chi connectivity index (χ1v) is 20.8. The van der Waals surface area contributed by atoms with Gasteiger partial charge in [0.2, 0.25) is 0 Å². The summed E-state index contributed by atoms with van der Waals surface area (Å²) in [7, 11) is 0. The molecule has 0 unspecified atom stereocenters. The Hall–Kier alpha value is -5.74. The Morgan fingerprint density at radius 2 is 0.857 bits per heavy atom. The SMILES string of the molecule is Cc1ccc(-c2cc(-c3cc(C4CCCCC4)cc(C4CCCCC4)c3)cc(-c3nc(-c4ccccc4)nc(-c4ccccc4-c4ccccc4)n3)c2)c(C)n1. The molecule has 7 aromatic rings. The van der Waals surface area contributed by atoms with Crippen molar-refractivity contribution in [3.63, 3.8) is 0 Å². The molecule has 0 spiro atoms. The molecule has 0 bridgehead atoms. The van der Waals surface area contributed by atoms with E-state index in [2.05, 4.69) is 129 Å². The molecule has 0 saturated heterocycles. The van der Waals surface area contributed by atoms with Gasteiger partial charge in [-0.25, -0.2) is 15.0 Å². The van der Waals surface area contributed by atoms with Crippen LogP contribution < -0.4 is 0 Å². The molecule has 2 saturated carbocycles. The zero-order chi connectivity index (χ0) is 37.8. The van der Waals surface area contributed by atoms with Crippen LogP contribution in [0.3, 0.4) is 0 Å². The number of benzene rings is 5. The Labute approximate surface area is 332 Å². The molecule has 2 aliphatic rings. The van der Waals surface area contributed by atoms with E-state index in [1.165, 1.54) is 86.5 Å². The number of hydrogen-bond donors (Lipinski definition) is 0. The molecule has 0 aliphatic heterocycles. The van der Waals surface area contributed by atoms with E-state index in [4.69, 9.17) is 19.9 Å². The number of aromatic nitrogens is 4. The van der Waals surface area contributed by atoms with E-state index in [0.29, 0.717) is 29.3 Å². The van der Waals surface area contributed by atoms with Gasteiger partial charge >= 0.3 is 0 Å². The molecule has 2 heterocycles. The minimum absolute atomic E-state index is 0.626. The predicted octanol–water partition coefficient (Wildman–Crippen LogP) is 14.0. The molecular formula is C52H50N4. The number of hydrogen-bond acceptors (Lipinski definition) is 4. The fourth-order valence-electron chi connectivity index (χ4n) is 9.15. The third-order valence-corrected chi connectivity index (χ3v) is 12.1. The van der Waals surface area contributed by atoms with Gasteiger partial charge in [-0.2, -0.15) is 0 Å². The fourth-order valence-corrected chi connectivity index (χ4v) is 9.15. The lowest BCUT2D eigenvalue weighted by Crippen LogP contribution is -2.08. The normalized spacial score (nSPS) is 15.2. The molecule has 0 amide bonds. The van der Waals surface area contributed by atoms with Crippen molar-refractivity contribution in [2.24, 2.45) is 0 Å². The maximum Gasteiger partial charge on any atom is 0.164 e. The Balaban J connectivity index is 1.26. The maximum atomic E-state index is 5.34. The molecule has 0 N–H and O–H groups in total. The largest absolute Gasteiger partial charge is 0.258 e. The third kappa shape index (κ3) is 7.71. The second kappa shape index (κ2) is 16.2. The predicted molar refractivity (Wildman–Crippen MR) is 231 cm³/mol. The van der Waals surface area contributed by atoms with Crippen molar-refractivity contribution in [1.29, 1.82) is 0 Å². The van der Waals surface area contributed by atoms with Crippen LogP contribution in [0.2, 0.25) is 0 Å². The summed E-state index contributed by atoms with van der Waals surface area (Å²) in [5.41, 5.74) is 15.0. The van der Waals surface area contributed by atoms with E-state index in [1.807, 2.05) is 18.2 Å². The van der Waals surface area contributed by atoms with Crippen LogP contribution in [0, 0.1) is 13.8 Å². The van der Waals surface area contributed by atoms with Crippen molar-refractivity contribution in [2.45, 2.75) is 89.9 Å². The highest BCUT2D eigenvalue weighted by atomic mass is 15.0. The molecule has 2 fully saturated rings. The summed E-state index contributed by atoms with van der Waals surface area (Å²) in [6.07, 6.45) is 13.2. The van der Waals surface area contributed by atoms with E-state index in [1.54, 1.807) is 0 Å². The van der Waals surface area contributed by atoms with Gasteiger partial charge < -0.3 is 0 Å². The van der Waals surface area contributed by atoms with Crippen LogP contribution >= 0.6 is 0 Å². The van der Waals surface area contributed by atoms with Crippen molar-refractivity contribution >= 4 is 0 Å². The summed E-state index contributed by atoms with van der Waals surface area (Å²) >= 11 is 0. The maximum absolute atomic E-state index is 5.34. The van der Waals surface area contributed by atoms with Gasteiger partial charge in [0.05, 0.1) is 0 Å². The van der Waals surface area contributed by atoms with Crippen LogP contribution in [0.4, 0.5) is 0 Å². The van der Waals surface area contributed by atoms with E-state index >= 15 is 0 Å². The number of rotatable bonds is 8. The molecule has 0 atom stereocenters. The van der Waals surface area contributed by atoms with Crippen LogP contribution in [0.15, 0.2) is 133 Å². The first-order valence-electron chi connectivity index (χ1n) is 20.8. The third-order valence-electron chi connectivity index (χ3n) is 12.1. The summed E-state index contributed by atoms with van der Waals surface area (Å²) in [5, 5.41) is 0. The van der Waals surface area contributed by atoms with Crippen LogP contribution in [-0.2, 0) is 0 Å². The zero-order valence-corrected chi connectivity index (χ0v) is 32.7. The van der Waals surface area contributed by atoms with Crippen molar-refractivity contribution < 1.29 is 0 Å². The first kappa shape index (κ1) is 35.9. The Bertz CT molecular complexity index is 2420. The second-order valence-electron chi connectivity index (χ2n) is 16.0. The molecule has 0 radical (unpaired) electrons. The standard InChI is InChI=1S/C52H50N4/c1-35-27-28-47(36(2)53-35)45-32-44(43-30-41(37-17-7-3-8-18-37)29-42(31-43)38-19-9-4-10-20-38)33-46(34-45)51-54-50(40-23-13-6-14-24-40)55-52(56-51)49-26-16-15-25-48(49)39-21-11-5-12-22-39/h5-6,11-16,21-34,37-38H,3-4,7-10,17-20H2,1-2H3. The highest BCUT2D eigenvalue weighted by Crippen LogP contribution is 2.42. The van der Waals surface area contributed by atoms with E-state index in [-0.39, 0.29) is 0 Å². The highest BCUT2D eigenvalue weighted by Gasteiger charge is 2.23. The topological polar surface area (TPSA) is 51.6 Å². The van der Waals surface area contributed by atoms with Gasteiger partial charge in [-0.05, 0) is 115 Å². The minimum Gasteiger partial charge on any atom is -0.258 e. The summed E-state index contributed by atoms with van der Waals surface area (Å²) in [5.74, 6) is 3.23. The Kier molecular flexibility index (Phi) is 10.4. The lowest BCUT2D eigenvalue weighted by molar-refractivity contribution is 0.435. The van der Waals surface area contributed by atoms with E-state index < -0.39 is 0 Å². The first-order chi connectivity index (χ1) is 27.6. The molecule has 4 nitrogen and oxygen atoms in total. The lowest BCUT2D eigenvalue weighted by Gasteiger charge is -2.27. The van der Waals surface area contributed by atoms with Crippen molar-refractivity contribution in [2.75, 3.05) is 0 Å². The van der Waals surface area contributed by atoms with Gasteiger partial charge in [0.25, 0.3) is 0 Å². The number of pyridine rings is 1. The second-order valence-corrected chi connectivity index (χ2v) is 16.0. The quantitative estimate of drug-likeness (QED) is 0.156. The Morgan fingerprint density at radius 3 is 1.48 bits per heavy atom. The van der Waals surface area contributed by atoms with Crippen LogP contribution in [0.1, 0.15) is 98.6 Å². The molecule has 2 aliphatic carbocycles. The van der Waals surface area contributed by atoms with Gasteiger partial charge in [-0.15, -0.1) is 0 Å². The lowest BCUT2D eigenvalue weighted by atomic mass is 9.78. The van der Waals surface area contributed by atoms with Gasteiger partial charge in [-0.3, -0.25) is 4.98 Å². The average Bonchev–Trinajstić information content (AvgIpc) is 3.27. The van der Waals surface area contributed by atoms with Crippen LogP contribution in [0.5, 0.6) is 0 Å². The molecule has 278 valence electrons. The van der Waals surface area contributed by atoms with Crippen molar-refractivity contribution in [3.8, 4) is 67.5 Å². The van der Waals surface area contributed by atoms with Crippen LogP contribution in [0.25, 0.3) is 67.5 Å². The molecule has 56 heavy (non-hydrogen) atoms. The summed E-state index contributed by atoms with van der Waals surface area (Å²) in [6, 6.07) is 48.1. The van der Waals surface area contributed by atoms with Crippen molar-refractivity contribution in [3.05, 3.63) is 156 Å². The zero-order valence-electron chi connectivity index (χ0n) is 32.7.